The Labute approximate surface area is 164 Å². The summed E-state index contributed by atoms with van der Waals surface area (Å²) in [5.41, 5.74) is 0.157. The molecule has 1 amide bonds. The Morgan fingerprint density at radius 2 is 2.00 bits per heavy atom. The van der Waals surface area contributed by atoms with Crippen LogP contribution in [0.1, 0.15) is 52.1 Å². The molecule has 1 saturated heterocycles. The predicted molar refractivity (Wildman–Crippen MR) is 99.7 cm³/mol. The van der Waals surface area contributed by atoms with Crippen LogP contribution in [0.25, 0.3) is 0 Å². The SMILES string of the molecule is CC(=O)O[C@@H](C(=O)OC(C)(C)C)[C@H]1OCCN(c2cccc(C3CC3)n2)C1=O. The molecule has 2 atom stereocenters. The maximum Gasteiger partial charge on any atom is 0.351 e. The Balaban J connectivity index is 1.82. The van der Waals surface area contributed by atoms with E-state index in [9.17, 15) is 14.4 Å². The van der Waals surface area contributed by atoms with Gasteiger partial charge >= 0.3 is 11.9 Å². The third-order valence-electron chi connectivity index (χ3n) is 4.36. The van der Waals surface area contributed by atoms with Crippen LogP contribution in [0.5, 0.6) is 0 Å². The highest BCUT2D eigenvalue weighted by Gasteiger charge is 2.44. The number of anilines is 1. The second kappa shape index (κ2) is 7.87. The van der Waals surface area contributed by atoms with E-state index in [0.717, 1.165) is 18.5 Å². The molecule has 3 rings (SSSR count). The maximum absolute atomic E-state index is 13.1. The van der Waals surface area contributed by atoms with Crippen LogP contribution < -0.4 is 4.90 Å². The summed E-state index contributed by atoms with van der Waals surface area (Å²) in [6.07, 6.45) is -0.551. The lowest BCUT2D eigenvalue weighted by atomic mass is 10.1. The zero-order valence-electron chi connectivity index (χ0n) is 16.6. The van der Waals surface area contributed by atoms with Gasteiger partial charge in [-0.05, 0) is 45.7 Å². The Hall–Kier alpha value is -2.48. The van der Waals surface area contributed by atoms with Crippen LogP contribution in [0.2, 0.25) is 0 Å². The first-order chi connectivity index (χ1) is 13.2. The molecule has 0 radical (unpaired) electrons. The van der Waals surface area contributed by atoms with Crippen molar-refractivity contribution in [2.75, 3.05) is 18.1 Å². The Morgan fingerprint density at radius 1 is 1.29 bits per heavy atom. The molecule has 1 aromatic rings. The molecular weight excluding hydrogens is 364 g/mol. The van der Waals surface area contributed by atoms with Gasteiger partial charge in [-0.15, -0.1) is 0 Å². The molecule has 0 bridgehead atoms. The number of aromatic nitrogens is 1. The van der Waals surface area contributed by atoms with Gasteiger partial charge in [0.25, 0.3) is 5.91 Å². The van der Waals surface area contributed by atoms with Gasteiger partial charge in [0.1, 0.15) is 11.4 Å². The van der Waals surface area contributed by atoms with E-state index >= 15 is 0 Å². The van der Waals surface area contributed by atoms with Gasteiger partial charge < -0.3 is 14.2 Å². The minimum Gasteiger partial charge on any atom is -0.457 e. The molecule has 0 N–H and O–H groups in total. The van der Waals surface area contributed by atoms with Gasteiger partial charge in [0, 0.05) is 18.5 Å². The molecule has 2 aliphatic rings. The van der Waals surface area contributed by atoms with Crippen LogP contribution >= 0.6 is 0 Å². The first kappa shape index (κ1) is 20.3. The smallest absolute Gasteiger partial charge is 0.351 e. The Kier molecular flexibility index (Phi) is 5.69. The molecule has 8 nitrogen and oxygen atoms in total. The third kappa shape index (κ3) is 4.86. The first-order valence-corrected chi connectivity index (χ1v) is 9.46. The topological polar surface area (TPSA) is 95.0 Å². The molecule has 1 aliphatic carbocycles. The molecule has 0 aromatic carbocycles. The van der Waals surface area contributed by atoms with E-state index in [1.807, 2.05) is 12.1 Å². The number of amides is 1. The average molecular weight is 390 g/mol. The van der Waals surface area contributed by atoms with Gasteiger partial charge in [0.05, 0.1) is 13.2 Å². The summed E-state index contributed by atoms with van der Waals surface area (Å²) in [6.45, 7) is 6.74. The number of ether oxygens (including phenoxy) is 3. The normalized spacial score (nSPS) is 21.2. The fraction of sp³-hybridized carbons (Fsp3) is 0.600. The molecule has 1 saturated carbocycles. The van der Waals surface area contributed by atoms with E-state index in [1.54, 1.807) is 26.8 Å². The van der Waals surface area contributed by atoms with Gasteiger partial charge in [-0.1, -0.05) is 6.07 Å². The predicted octanol–water partition coefficient (Wildman–Crippen LogP) is 1.96. The molecular formula is C20H26N2O6. The van der Waals surface area contributed by atoms with Gasteiger partial charge in [0.2, 0.25) is 6.10 Å². The van der Waals surface area contributed by atoms with Gasteiger partial charge in [-0.2, -0.15) is 0 Å². The fourth-order valence-corrected chi connectivity index (χ4v) is 3.02. The summed E-state index contributed by atoms with van der Waals surface area (Å²) in [5.74, 6) is -1.04. The number of hydrogen-bond acceptors (Lipinski definition) is 7. The van der Waals surface area contributed by atoms with E-state index in [1.165, 1.54) is 11.8 Å². The monoisotopic (exact) mass is 390 g/mol. The van der Waals surface area contributed by atoms with Crippen molar-refractivity contribution in [1.82, 2.24) is 4.98 Å². The first-order valence-electron chi connectivity index (χ1n) is 9.46. The van der Waals surface area contributed by atoms with E-state index < -0.39 is 35.7 Å². The standard InChI is InChI=1S/C20H26N2O6/c1-12(23)27-17(19(25)28-20(2,3)4)16-18(24)22(10-11-26-16)15-7-5-6-14(21-15)13-8-9-13/h5-7,13,16-17H,8-11H2,1-4H3/t16-,17-/m1/s1. The number of rotatable bonds is 5. The molecule has 1 aromatic heterocycles. The minimum absolute atomic E-state index is 0.187. The van der Waals surface area contributed by atoms with Crippen LogP contribution in [0.4, 0.5) is 5.82 Å². The Morgan fingerprint density at radius 3 is 2.61 bits per heavy atom. The maximum atomic E-state index is 13.1. The van der Waals surface area contributed by atoms with Crippen molar-refractivity contribution in [2.24, 2.45) is 0 Å². The van der Waals surface area contributed by atoms with Crippen LogP contribution in [-0.4, -0.2) is 53.8 Å². The van der Waals surface area contributed by atoms with Crippen molar-refractivity contribution in [3.05, 3.63) is 23.9 Å². The highest BCUT2D eigenvalue weighted by molar-refractivity contribution is 6.00. The van der Waals surface area contributed by atoms with E-state index in [0.29, 0.717) is 18.3 Å². The molecule has 8 heteroatoms. The molecule has 0 spiro atoms. The van der Waals surface area contributed by atoms with Crippen LogP contribution in [0, 0.1) is 0 Å². The highest BCUT2D eigenvalue weighted by atomic mass is 16.6. The lowest BCUT2D eigenvalue weighted by Gasteiger charge is -2.35. The summed E-state index contributed by atoms with van der Waals surface area (Å²) in [5, 5.41) is 0. The molecule has 0 unspecified atom stereocenters. The van der Waals surface area contributed by atoms with Crippen LogP contribution in [0.15, 0.2) is 18.2 Å². The van der Waals surface area contributed by atoms with Crippen molar-refractivity contribution in [1.29, 1.82) is 0 Å². The number of carbonyl (C=O) groups is 3. The second-order valence-electron chi connectivity index (χ2n) is 8.04. The summed E-state index contributed by atoms with van der Waals surface area (Å²) >= 11 is 0. The molecule has 152 valence electrons. The van der Waals surface area contributed by atoms with Gasteiger partial charge in [-0.25, -0.2) is 9.78 Å². The van der Waals surface area contributed by atoms with Crippen molar-refractivity contribution >= 4 is 23.7 Å². The quantitative estimate of drug-likeness (QED) is 0.709. The number of morpholine rings is 1. The van der Waals surface area contributed by atoms with E-state index in [2.05, 4.69) is 4.98 Å². The van der Waals surface area contributed by atoms with E-state index in [-0.39, 0.29) is 6.61 Å². The summed E-state index contributed by atoms with van der Waals surface area (Å²) in [7, 11) is 0. The minimum atomic E-state index is -1.47. The zero-order valence-corrected chi connectivity index (χ0v) is 16.6. The number of hydrogen-bond donors (Lipinski definition) is 0. The van der Waals surface area contributed by atoms with Gasteiger partial charge in [-0.3, -0.25) is 14.5 Å². The lowest BCUT2D eigenvalue weighted by molar-refractivity contribution is -0.188. The highest BCUT2D eigenvalue weighted by Crippen LogP contribution is 2.39. The van der Waals surface area contributed by atoms with Crippen molar-refractivity contribution < 1.29 is 28.6 Å². The molecule has 2 fully saturated rings. The van der Waals surface area contributed by atoms with Crippen LogP contribution in [0.3, 0.4) is 0 Å². The average Bonchev–Trinajstić information content (AvgIpc) is 3.44. The third-order valence-corrected chi connectivity index (χ3v) is 4.36. The number of pyridine rings is 1. The van der Waals surface area contributed by atoms with Crippen LogP contribution in [-0.2, 0) is 28.6 Å². The molecule has 1 aliphatic heterocycles. The van der Waals surface area contributed by atoms with Crippen molar-refractivity contribution in [3.63, 3.8) is 0 Å². The zero-order chi connectivity index (χ0) is 20.5. The number of esters is 2. The Bertz CT molecular complexity index is 768. The lowest BCUT2D eigenvalue weighted by Crippen LogP contribution is -2.56. The number of nitrogens with zero attached hydrogens (tertiary/aromatic N) is 2. The molecule has 2 heterocycles. The van der Waals surface area contributed by atoms with Crippen molar-refractivity contribution in [2.45, 2.75) is 64.3 Å². The fourth-order valence-electron chi connectivity index (χ4n) is 3.02. The number of carbonyl (C=O) groups excluding carboxylic acids is 3. The largest absolute Gasteiger partial charge is 0.457 e. The summed E-state index contributed by atoms with van der Waals surface area (Å²) < 4.78 is 16.0. The van der Waals surface area contributed by atoms with Crippen molar-refractivity contribution in [3.8, 4) is 0 Å². The second-order valence-corrected chi connectivity index (χ2v) is 8.04. The van der Waals surface area contributed by atoms with Gasteiger partial charge in [0.15, 0.2) is 6.10 Å². The van der Waals surface area contributed by atoms with E-state index in [4.69, 9.17) is 14.2 Å². The summed E-state index contributed by atoms with van der Waals surface area (Å²) in [6, 6.07) is 5.57. The summed E-state index contributed by atoms with van der Waals surface area (Å²) in [4.78, 5) is 43.2. The molecule has 28 heavy (non-hydrogen) atoms.